The van der Waals surface area contributed by atoms with Gasteiger partial charge in [-0.3, -0.25) is 4.79 Å². The molecule has 2 aromatic carbocycles. The van der Waals surface area contributed by atoms with Crippen LogP contribution in [-0.2, 0) is 10.0 Å². The third kappa shape index (κ3) is 4.59. The maximum atomic E-state index is 14.0. The van der Waals surface area contributed by atoms with E-state index in [-0.39, 0.29) is 54.1 Å². The van der Waals surface area contributed by atoms with E-state index in [2.05, 4.69) is 10.3 Å². The van der Waals surface area contributed by atoms with Crippen molar-refractivity contribution < 1.29 is 17.6 Å². The minimum absolute atomic E-state index is 0.158. The number of hydrogen-bond acceptors (Lipinski definition) is 5. The number of aromatic nitrogens is 1. The van der Waals surface area contributed by atoms with E-state index in [9.17, 15) is 17.6 Å². The molecule has 1 saturated heterocycles. The number of carbonyl (C=O) groups is 1. The Morgan fingerprint density at radius 3 is 2.34 bits per heavy atom. The zero-order chi connectivity index (χ0) is 22.7. The van der Waals surface area contributed by atoms with Gasteiger partial charge in [0.1, 0.15) is 11.6 Å². The number of sulfonamides is 1. The number of amides is 1. The lowest BCUT2D eigenvalue weighted by molar-refractivity contribution is 0.0698. The Labute approximate surface area is 190 Å². The number of hydrogen-bond donors (Lipinski definition) is 1. The van der Waals surface area contributed by atoms with Crippen molar-refractivity contribution in [2.75, 3.05) is 31.5 Å². The van der Waals surface area contributed by atoms with E-state index in [1.807, 2.05) is 0 Å². The van der Waals surface area contributed by atoms with E-state index < -0.39 is 15.8 Å². The molecular formula is C22H20ClFN4O3S. The predicted octanol–water partition coefficient (Wildman–Crippen LogP) is 3.76. The molecule has 0 unspecified atom stereocenters. The second-order valence-electron chi connectivity index (χ2n) is 7.15. The quantitative estimate of drug-likeness (QED) is 0.608. The van der Waals surface area contributed by atoms with Gasteiger partial charge in [-0.2, -0.15) is 4.31 Å². The highest BCUT2D eigenvalue weighted by atomic mass is 35.5. The summed E-state index contributed by atoms with van der Waals surface area (Å²) >= 11 is 5.85. The average molecular weight is 475 g/mol. The van der Waals surface area contributed by atoms with Gasteiger partial charge in [0.05, 0.1) is 16.1 Å². The molecule has 166 valence electrons. The molecule has 1 aromatic heterocycles. The van der Waals surface area contributed by atoms with Crippen molar-refractivity contribution in [1.29, 1.82) is 0 Å². The normalized spacial score (nSPS) is 14.9. The average Bonchev–Trinajstić information content (AvgIpc) is 2.81. The van der Waals surface area contributed by atoms with Crippen molar-refractivity contribution in [3.63, 3.8) is 0 Å². The molecule has 10 heteroatoms. The van der Waals surface area contributed by atoms with E-state index in [4.69, 9.17) is 11.6 Å². The summed E-state index contributed by atoms with van der Waals surface area (Å²) in [6.45, 7) is 0.763. The van der Waals surface area contributed by atoms with Gasteiger partial charge in [-0.25, -0.2) is 17.8 Å². The van der Waals surface area contributed by atoms with Crippen LogP contribution in [0, 0.1) is 5.82 Å². The number of halogens is 2. The van der Waals surface area contributed by atoms with Gasteiger partial charge in [0.2, 0.25) is 10.0 Å². The maximum absolute atomic E-state index is 14.0. The molecule has 0 radical (unpaired) electrons. The fourth-order valence-electron chi connectivity index (χ4n) is 3.43. The van der Waals surface area contributed by atoms with Gasteiger partial charge in [-0.05, 0) is 48.5 Å². The smallest absolute Gasteiger partial charge is 0.257 e. The number of pyridine rings is 1. The van der Waals surface area contributed by atoms with Crippen molar-refractivity contribution in [2.24, 2.45) is 0 Å². The summed E-state index contributed by atoms with van der Waals surface area (Å²) in [6.07, 6.45) is 1.51. The van der Waals surface area contributed by atoms with E-state index in [1.54, 1.807) is 35.2 Å². The van der Waals surface area contributed by atoms with Crippen LogP contribution >= 0.6 is 11.6 Å². The monoisotopic (exact) mass is 474 g/mol. The Balaban J connectivity index is 1.47. The van der Waals surface area contributed by atoms with Crippen LogP contribution in [0.5, 0.6) is 0 Å². The molecular weight excluding hydrogens is 455 g/mol. The molecule has 0 aliphatic carbocycles. The van der Waals surface area contributed by atoms with E-state index >= 15 is 0 Å². The second-order valence-corrected chi connectivity index (χ2v) is 9.53. The van der Waals surface area contributed by atoms with Crippen LogP contribution < -0.4 is 5.32 Å². The Morgan fingerprint density at radius 2 is 1.66 bits per heavy atom. The summed E-state index contributed by atoms with van der Waals surface area (Å²) in [5, 5.41) is 3.32. The molecule has 1 aliphatic heterocycles. The highest BCUT2D eigenvalue weighted by Gasteiger charge is 2.31. The first-order valence-corrected chi connectivity index (χ1v) is 11.7. The first kappa shape index (κ1) is 22.2. The van der Waals surface area contributed by atoms with Crippen LogP contribution in [0.25, 0.3) is 0 Å². The Kier molecular flexibility index (Phi) is 6.40. The van der Waals surface area contributed by atoms with Gasteiger partial charge in [0, 0.05) is 37.4 Å². The summed E-state index contributed by atoms with van der Waals surface area (Å²) in [4.78, 5) is 19.0. The number of nitrogens with one attached hydrogen (secondary N) is 1. The van der Waals surface area contributed by atoms with Crippen molar-refractivity contribution in [3.8, 4) is 0 Å². The number of anilines is 2. The fourth-order valence-corrected chi connectivity index (χ4v) is 4.97. The van der Waals surface area contributed by atoms with Crippen molar-refractivity contribution in [3.05, 3.63) is 83.3 Å². The van der Waals surface area contributed by atoms with E-state index in [0.717, 1.165) is 0 Å². The Hall–Kier alpha value is -3.01. The fraction of sp³-hybridized carbons (Fsp3) is 0.182. The molecule has 0 bridgehead atoms. The molecule has 0 saturated carbocycles. The first-order chi connectivity index (χ1) is 15.4. The number of benzene rings is 2. The summed E-state index contributed by atoms with van der Waals surface area (Å²) in [6, 6.07) is 15.3. The number of carbonyl (C=O) groups excluding carboxylic acids is 1. The van der Waals surface area contributed by atoms with Crippen LogP contribution in [-0.4, -0.2) is 54.7 Å². The molecule has 32 heavy (non-hydrogen) atoms. The molecule has 4 rings (SSSR count). The second kappa shape index (κ2) is 9.23. The lowest BCUT2D eigenvalue weighted by Crippen LogP contribution is -2.50. The van der Waals surface area contributed by atoms with Crippen LogP contribution in [0.3, 0.4) is 0 Å². The van der Waals surface area contributed by atoms with Crippen LogP contribution in [0.4, 0.5) is 15.9 Å². The maximum Gasteiger partial charge on any atom is 0.257 e. The Morgan fingerprint density at radius 1 is 0.969 bits per heavy atom. The summed E-state index contributed by atoms with van der Waals surface area (Å²) < 4.78 is 41.1. The van der Waals surface area contributed by atoms with Crippen LogP contribution in [0.1, 0.15) is 10.4 Å². The third-order valence-corrected chi connectivity index (χ3v) is 7.31. The number of piperazine rings is 1. The SMILES string of the molecule is O=C(c1cccnc1Nc1ccccc1F)N1CCN(S(=O)(=O)c2ccc(Cl)cc2)CC1. The molecule has 1 N–H and O–H groups in total. The Bertz CT molecular complexity index is 1230. The van der Waals surface area contributed by atoms with Gasteiger partial charge in [0.15, 0.2) is 0 Å². The molecule has 3 aromatic rings. The molecule has 0 spiro atoms. The van der Waals surface area contributed by atoms with Gasteiger partial charge < -0.3 is 10.2 Å². The van der Waals surface area contributed by atoms with Gasteiger partial charge in [0.25, 0.3) is 5.91 Å². The number of para-hydroxylation sites is 1. The summed E-state index contributed by atoms with van der Waals surface area (Å²) in [7, 11) is -3.68. The molecule has 0 atom stereocenters. The minimum atomic E-state index is -3.68. The highest BCUT2D eigenvalue weighted by Crippen LogP contribution is 2.24. The standard InChI is InChI=1S/C22H20ClFN4O3S/c23-16-7-9-17(10-8-16)32(30,31)28-14-12-27(13-15-28)22(29)18-4-3-11-25-21(18)26-20-6-2-1-5-19(20)24/h1-11H,12-15H2,(H,25,26). The van der Waals surface area contributed by atoms with Crippen LogP contribution in [0.2, 0.25) is 5.02 Å². The summed E-state index contributed by atoms with van der Waals surface area (Å²) in [5.74, 6) is -0.531. The van der Waals surface area contributed by atoms with Crippen molar-refractivity contribution in [1.82, 2.24) is 14.2 Å². The molecule has 1 amide bonds. The van der Waals surface area contributed by atoms with Crippen molar-refractivity contribution >= 4 is 39.0 Å². The predicted molar refractivity (Wildman–Crippen MR) is 120 cm³/mol. The first-order valence-electron chi connectivity index (χ1n) is 9.88. The molecule has 2 heterocycles. The molecule has 7 nitrogen and oxygen atoms in total. The van der Waals surface area contributed by atoms with E-state index in [1.165, 1.54) is 40.8 Å². The van der Waals surface area contributed by atoms with Gasteiger partial charge in [-0.1, -0.05) is 23.7 Å². The van der Waals surface area contributed by atoms with Crippen LogP contribution in [0.15, 0.2) is 71.8 Å². The molecule has 1 fully saturated rings. The highest BCUT2D eigenvalue weighted by molar-refractivity contribution is 7.89. The number of rotatable bonds is 5. The largest absolute Gasteiger partial charge is 0.337 e. The summed E-state index contributed by atoms with van der Waals surface area (Å²) in [5.41, 5.74) is 0.490. The zero-order valence-electron chi connectivity index (χ0n) is 16.9. The molecule has 1 aliphatic rings. The zero-order valence-corrected chi connectivity index (χ0v) is 18.5. The lowest BCUT2D eigenvalue weighted by Gasteiger charge is -2.34. The van der Waals surface area contributed by atoms with Gasteiger partial charge >= 0.3 is 0 Å². The van der Waals surface area contributed by atoms with E-state index in [0.29, 0.717) is 5.02 Å². The lowest BCUT2D eigenvalue weighted by atomic mass is 10.2. The third-order valence-electron chi connectivity index (χ3n) is 5.14. The topological polar surface area (TPSA) is 82.6 Å². The van der Waals surface area contributed by atoms with Gasteiger partial charge in [-0.15, -0.1) is 0 Å². The number of nitrogens with zero attached hydrogens (tertiary/aromatic N) is 3. The minimum Gasteiger partial charge on any atom is -0.337 e. The van der Waals surface area contributed by atoms with Crippen molar-refractivity contribution in [2.45, 2.75) is 4.90 Å².